The van der Waals surface area contributed by atoms with Crippen LogP contribution in [0.5, 0.6) is 0 Å². The summed E-state index contributed by atoms with van der Waals surface area (Å²) in [5.74, 6) is -0.833. The van der Waals surface area contributed by atoms with Crippen LogP contribution in [0, 0.1) is 0 Å². The van der Waals surface area contributed by atoms with Crippen molar-refractivity contribution in [2.24, 2.45) is 0 Å². The van der Waals surface area contributed by atoms with Crippen LogP contribution in [0.1, 0.15) is 34.6 Å². The van der Waals surface area contributed by atoms with Crippen molar-refractivity contribution in [3.63, 3.8) is 0 Å². The van der Waals surface area contributed by atoms with E-state index in [1.807, 2.05) is 6.92 Å². The number of ether oxygens (including phenoxy) is 1. The number of carboxylic acids is 1. The zero-order chi connectivity index (χ0) is 9.49. The quantitative estimate of drug-likeness (QED) is 0.640. The Bertz CT molecular complexity index is 98.4. The molecule has 3 heteroatoms. The van der Waals surface area contributed by atoms with Crippen molar-refractivity contribution < 1.29 is 14.6 Å². The lowest BCUT2D eigenvalue weighted by Crippen LogP contribution is -2.18. The molecule has 0 atom stereocenters. The van der Waals surface area contributed by atoms with Crippen LogP contribution in [0.4, 0.5) is 0 Å². The maximum Gasteiger partial charge on any atom is 0.300 e. The molecule has 0 unspecified atom stereocenters. The summed E-state index contributed by atoms with van der Waals surface area (Å²) in [7, 11) is 0. The minimum Gasteiger partial charge on any atom is -0.481 e. The van der Waals surface area contributed by atoms with E-state index in [2.05, 4.69) is 20.8 Å². The Morgan fingerprint density at radius 2 is 1.73 bits per heavy atom. The molecule has 0 aromatic heterocycles. The maximum absolute atomic E-state index is 9.00. The second kappa shape index (κ2) is 6.16. The van der Waals surface area contributed by atoms with Gasteiger partial charge in [-0.25, -0.2) is 0 Å². The van der Waals surface area contributed by atoms with Gasteiger partial charge in [-0.2, -0.15) is 0 Å². The fourth-order valence-electron chi connectivity index (χ4n) is 0.433. The standard InChI is InChI=1S/C6H14O.C2H4O2/c1-5-7-6(2,3)4;1-2(3)4/h5H2,1-4H3;1H3,(H,3,4). The number of carbonyl (C=O) groups is 1. The second-order valence-electron chi connectivity index (χ2n) is 3.06. The Morgan fingerprint density at radius 1 is 1.45 bits per heavy atom. The van der Waals surface area contributed by atoms with Crippen LogP contribution in [0.25, 0.3) is 0 Å². The Balaban J connectivity index is 0. The van der Waals surface area contributed by atoms with Crippen molar-refractivity contribution in [2.45, 2.75) is 40.2 Å². The van der Waals surface area contributed by atoms with E-state index in [1.54, 1.807) is 0 Å². The molecule has 68 valence electrons. The van der Waals surface area contributed by atoms with E-state index in [4.69, 9.17) is 14.6 Å². The second-order valence-corrected chi connectivity index (χ2v) is 3.06. The Morgan fingerprint density at radius 3 is 1.73 bits per heavy atom. The average Bonchev–Trinajstić information content (AvgIpc) is 1.58. The molecule has 11 heavy (non-hydrogen) atoms. The van der Waals surface area contributed by atoms with Crippen LogP contribution < -0.4 is 0 Å². The zero-order valence-electron chi connectivity index (χ0n) is 7.97. The van der Waals surface area contributed by atoms with Crippen LogP contribution in [0.15, 0.2) is 0 Å². The molecule has 0 fully saturated rings. The molecule has 0 heterocycles. The molecule has 0 bridgehead atoms. The van der Waals surface area contributed by atoms with Crippen LogP contribution in [-0.4, -0.2) is 23.3 Å². The van der Waals surface area contributed by atoms with E-state index < -0.39 is 5.97 Å². The van der Waals surface area contributed by atoms with Gasteiger partial charge in [-0.05, 0) is 27.7 Å². The molecule has 0 saturated carbocycles. The van der Waals surface area contributed by atoms with Crippen molar-refractivity contribution >= 4 is 5.97 Å². The third-order valence-corrected chi connectivity index (χ3v) is 0.577. The molecule has 0 radical (unpaired) electrons. The highest BCUT2D eigenvalue weighted by Crippen LogP contribution is 2.04. The van der Waals surface area contributed by atoms with Gasteiger partial charge in [-0.1, -0.05) is 0 Å². The van der Waals surface area contributed by atoms with Crippen molar-refractivity contribution in [1.82, 2.24) is 0 Å². The van der Waals surface area contributed by atoms with Crippen LogP contribution in [0.3, 0.4) is 0 Å². The highest BCUT2D eigenvalue weighted by Gasteiger charge is 2.06. The Labute approximate surface area is 68.4 Å². The summed E-state index contributed by atoms with van der Waals surface area (Å²) in [6.45, 7) is 10.1. The summed E-state index contributed by atoms with van der Waals surface area (Å²) in [5, 5.41) is 7.42. The van der Waals surface area contributed by atoms with E-state index in [0.717, 1.165) is 13.5 Å². The summed E-state index contributed by atoms with van der Waals surface area (Å²) in [4.78, 5) is 9.00. The molecule has 3 nitrogen and oxygen atoms in total. The predicted molar refractivity (Wildman–Crippen MR) is 44.7 cm³/mol. The van der Waals surface area contributed by atoms with Gasteiger partial charge in [0.05, 0.1) is 5.60 Å². The van der Waals surface area contributed by atoms with Gasteiger partial charge in [0.15, 0.2) is 0 Å². The monoisotopic (exact) mass is 162 g/mol. The molecule has 1 N–H and O–H groups in total. The first-order chi connectivity index (χ1) is 4.79. The van der Waals surface area contributed by atoms with Gasteiger partial charge in [-0.15, -0.1) is 0 Å². The smallest absolute Gasteiger partial charge is 0.300 e. The van der Waals surface area contributed by atoms with Crippen molar-refractivity contribution in [3.05, 3.63) is 0 Å². The fraction of sp³-hybridized carbons (Fsp3) is 0.875. The fourth-order valence-corrected chi connectivity index (χ4v) is 0.433. The lowest BCUT2D eigenvalue weighted by Gasteiger charge is -2.17. The third-order valence-electron chi connectivity index (χ3n) is 0.577. The first-order valence-corrected chi connectivity index (χ1v) is 3.63. The van der Waals surface area contributed by atoms with Gasteiger partial charge in [0.1, 0.15) is 0 Å². The molecule has 0 spiro atoms. The Kier molecular flexibility index (Phi) is 7.31. The summed E-state index contributed by atoms with van der Waals surface area (Å²) in [6, 6.07) is 0. The van der Waals surface area contributed by atoms with Gasteiger partial charge in [0.25, 0.3) is 5.97 Å². The summed E-state index contributed by atoms with van der Waals surface area (Å²) < 4.78 is 5.23. The van der Waals surface area contributed by atoms with E-state index in [1.165, 1.54) is 0 Å². The van der Waals surface area contributed by atoms with Crippen LogP contribution in [-0.2, 0) is 9.53 Å². The number of hydrogen-bond donors (Lipinski definition) is 1. The minimum absolute atomic E-state index is 0.0503. The largest absolute Gasteiger partial charge is 0.481 e. The highest BCUT2D eigenvalue weighted by molar-refractivity contribution is 5.62. The maximum atomic E-state index is 9.00. The van der Waals surface area contributed by atoms with E-state index in [9.17, 15) is 0 Å². The van der Waals surface area contributed by atoms with Gasteiger partial charge in [0, 0.05) is 13.5 Å². The molecule has 0 amide bonds. The minimum atomic E-state index is -0.833. The van der Waals surface area contributed by atoms with Gasteiger partial charge in [-0.3, -0.25) is 4.79 Å². The Hall–Kier alpha value is -0.570. The highest BCUT2D eigenvalue weighted by atomic mass is 16.5. The summed E-state index contributed by atoms with van der Waals surface area (Å²) >= 11 is 0. The van der Waals surface area contributed by atoms with Crippen molar-refractivity contribution in [1.29, 1.82) is 0 Å². The van der Waals surface area contributed by atoms with E-state index in [0.29, 0.717) is 0 Å². The molecule has 0 aromatic carbocycles. The first kappa shape index (κ1) is 13.1. The predicted octanol–water partition coefficient (Wildman–Crippen LogP) is 1.91. The van der Waals surface area contributed by atoms with Crippen LogP contribution in [0.2, 0.25) is 0 Å². The summed E-state index contributed by atoms with van der Waals surface area (Å²) in [5.41, 5.74) is 0.0503. The van der Waals surface area contributed by atoms with Gasteiger partial charge >= 0.3 is 0 Å². The van der Waals surface area contributed by atoms with Gasteiger partial charge < -0.3 is 9.84 Å². The SMILES string of the molecule is CC(=O)O.CCOC(C)(C)C. The number of carboxylic acid groups (broad SMARTS) is 1. The third kappa shape index (κ3) is 44.2. The lowest BCUT2D eigenvalue weighted by atomic mass is 10.2. The first-order valence-electron chi connectivity index (χ1n) is 3.63. The van der Waals surface area contributed by atoms with Gasteiger partial charge in [0.2, 0.25) is 0 Å². The zero-order valence-corrected chi connectivity index (χ0v) is 7.97. The van der Waals surface area contributed by atoms with E-state index in [-0.39, 0.29) is 5.60 Å². The summed E-state index contributed by atoms with van der Waals surface area (Å²) in [6.07, 6.45) is 0. The van der Waals surface area contributed by atoms with E-state index >= 15 is 0 Å². The molecular weight excluding hydrogens is 144 g/mol. The number of hydrogen-bond acceptors (Lipinski definition) is 2. The van der Waals surface area contributed by atoms with Crippen molar-refractivity contribution in [3.8, 4) is 0 Å². The molecule has 0 aromatic rings. The van der Waals surface area contributed by atoms with Crippen molar-refractivity contribution in [2.75, 3.05) is 6.61 Å². The molecule has 0 saturated heterocycles. The molecule has 0 aliphatic carbocycles. The molecule has 0 aliphatic rings. The molecular formula is C8H18O3. The molecule has 0 rings (SSSR count). The number of aliphatic carboxylic acids is 1. The number of rotatable bonds is 1. The molecule has 0 aliphatic heterocycles. The average molecular weight is 162 g/mol. The lowest BCUT2D eigenvalue weighted by molar-refractivity contribution is -0.134. The topological polar surface area (TPSA) is 46.5 Å². The normalized spacial score (nSPS) is 9.91. The van der Waals surface area contributed by atoms with Crippen LogP contribution >= 0.6 is 0 Å².